The lowest BCUT2D eigenvalue weighted by atomic mass is 10.1. The van der Waals surface area contributed by atoms with Gasteiger partial charge in [-0.3, -0.25) is 0 Å². The number of alkyl halides is 2. The number of carbonyl (C=O) groups excluding carboxylic acids is 1. The fourth-order valence-corrected chi connectivity index (χ4v) is 3.91. The number of nitrogens with one attached hydrogen (secondary N) is 3. The Labute approximate surface area is 178 Å². The number of halogens is 4. The summed E-state index contributed by atoms with van der Waals surface area (Å²) in [5.74, 6) is -2.20. The molecule has 6 nitrogen and oxygen atoms in total. The molecule has 1 aliphatic rings. The van der Waals surface area contributed by atoms with Crippen molar-refractivity contribution in [3.05, 3.63) is 46.2 Å². The number of aromatic nitrogens is 2. The minimum Gasteiger partial charge on any atom is -0.359 e. The second-order valence-electron chi connectivity index (χ2n) is 6.84. The van der Waals surface area contributed by atoms with E-state index in [4.69, 9.17) is 11.6 Å². The van der Waals surface area contributed by atoms with Crippen molar-refractivity contribution in [1.29, 1.82) is 0 Å². The maximum absolute atomic E-state index is 13.3. The molecule has 1 aromatic carbocycles. The summed E-state index contributed by atoms with van der Waals surface area (Å²) in [6.45, 7) is 0.367. The summed E-state index contributed by atoms with van der Waals surface area (Å²) in [5, 5.41) is 6.62. The zero-order valence-electron chi connectivity index (χ0n) is 15.1. The van der Waals surface area contributed by atoms with Crippen molar-refractivity contribution in [2.45, 2.75) is 18.8 Å². The van der Waals surface area contributed by atoms with Gasteiger partial charge >= 0.3 is 6.03 Å². The predicted molar refractivity (Wildman–Crippen MR) is 114 cm³/mol. The zero-order chi connectivity index (χ0) is 20.6. The van der Waals surface area contributed by atoms with Crippen LogP contribution in [0.4, 0.5) is 30.8 Å². The van der Waals surface area contributed by atoms with Crippen LogP contribution in [0.2, 0.25) is 5.02 Å². The molecule has 0 unspecified atom stereocenters. The van der Waals surface area contributed by atoms with Crippen LogP contribution in [0.25, 0.3) is 10.9 Å². The number of piperidine rings is 1. The number of fused-ring (bicyclic) bond motifs is 1. The van der Waals surface area contributed by atoms with E-state index >= 15 is 0 Å². The lowest BCUT2D eigenvalue weighted by Crippen LogP contribution is -2.39. The maximum Gasteiger partial charge on any atom is 0.323 e. The predicted octanol–water partition coefficient (Wildman–Crippen LogP) is 5.86. The second-order valence-corrected chi connectivity index (χ2v) is 8.17. The number of pyridine rings is 1. The molecule has 0 atom stereocenters. The molecule has 10 heteroatoms. The quantitative estimate of drug-likeness (QED) is 0.436. The van der Waals surface area contributed by atoms with Gasteiger partial charge in [-0.05, 0) is 24.3 Å². The molecule has 3 heterocycles. The molecule has 152 valence electrons. The highest BCUT2D eigenvalue weighted by Crippen LogP contribution is 2.33. The number of H-pyrrole nitrogens is 1. The topological polar surface area (TPSA) is 73.1 Å². The number of nitrogens with zero attached hydrogens (tertiary/aromatic N) is 2. The summed E-state index contributed by atoms with van der Waals surface area (Å²) in [6.07, 6.45) is 2.71. The van der Waals surface area contributed by atoms with Crippen molar-refractivity contribution in [2.24, 2.45) is 0 Å². The molecule has 2 aromatic heterocycles. The van der Waals surface area contributed by atoms with Crippen molar-refractivity contribution in [3.8, 4) is 0 Å². The third kappa shape index (κ3) is 4.45. The number of anilines is 3. The largest absolute Gasteiger partial charge is 0.359 e. The monoisotopic (exact) mass is 483 g/mol. The van der Waals surface area contributed by atoms with Crippen LogP contribution in [0, 0.1) is 0 Å². The van der Waals surface area contributed by atoms with Crippen LogP contribution in [0.3, 0.4) is 0 Å². The summed E-state index contributed by atoms with van der Waals surface area (Å²) >= 11 is 9.70. The highest BCUT2D eigenvalue weighted by molar-refractivity contribution is 9.10. The first kappa shape index (κ1) is 19.9. The van der Waals surface area contributed by atoms with E-state index < -0.39 is 12.0 Å². The Morgan fingerprint density at radius 3 is 2.72 bits per heavy atom. The third-order valence-electron chi connectivity index (χ3n) is 4.77. The van der Waals surface area contributed by atoms with E-state index in [1.54, 1.807) is 17.2 Å². The van der Waals surface area contributed by atoms with Crippen LogP contribution < -0.4 is 15.5 Å². The number of carbonyl (C=O) groups is 1. The maximum atomic E-state index is 13.3. The molecule has 1 aliphatic heterocycles. The average Bonchev–Trinajstić information content (AvgIpc) is 3.04. The third-order valence-corrected chi connectivity index (χ3v) is 5.54. The van der Waals surface area contributed by atoms with Crippen LogP contribution in [-0.2, 0) is 0 Å². The molecule has 0 spiro atoms. The molecule has 1 saturated heterocycles. The SMILES string of the molecule is O=C(Nc1cnc(N2CCC(F)(F)CC2)c(Cl)c1)Nc1c[nH]c2ccc(Br)cc12. The van der Waals surface area contributed by atoms with E-state index in [9.17, 15) is 13.6 Å². The Bertz CT molecular complexity index is 1060. The summed E-state index contributed by atoms with van der Waals surface area (Å²) in [7, 11) is 0. The Balaban J connectivity index is 1.43. The Hall–Kier alpha value is -2.39. The number of urea groups is 1. The Morgan fingerprint density at radius 2 is 2.00 bits per heavy atom. The normalized spacial score (nSPS) is 16.1. The molecule has 0 aliphatic carbocycles. The van der Waals surface area contributed by atoms with Crippen molar-refractivity contribution >= 4 is 61.7 Å². The van der Waals surface area contributed by atoms with Gasteiger partial charge in [-0.25, -0.2) is 18.6 Å². The van der Waals surface area contributed by atoms with Gasteiger partial charge in [0.1, 0.15) is 5.82 Å². The number of benzene rings is 1. The van der Waals surface area contributed by atoms with Crippen molar-refractivity contribution in [3.63, 3.8) is 0 Å². The van der Waals surface area contributed by atoms with Gasteiger partial charge in [0.25, 0.3) is 5.92 Å². The highest BCUT2D eigenvalue weighted by Gasteiger charge is 2.34. The standard InChI is InChI=1S/C19H17BrClF2N5O/c20-11-1-2-15-13(7-11)16(10-24-15)27-18(29)26-12-8-14(21)17(25-9-12)28-5-3-19(22,23)4-6-28/h1-2,7-10,24H,3-6H2,(H2,26,27,29). The molecular formula is C19H17BrClF2N5O. The molecule has 0 radical (unpaired) electrons. The first-order valence-electron chi connectivity index (χ1n) is 8.94. The van der Waals surface area contributed by atoms with E-state index in [1.807, 2.05) is 18.2 Å². The van der Waals surface area contributed by atoms with E-state index in [0.717, 1.165) is 15.4 Å². The summed E-state index contributed by atoms with van der Waals surface area (Å²) in [6, 6.07) is 6.82. The van der Waals surface area contributed by atoms with Crippen LogP contribution in [0.15, 0.2) is 41.1 Å². The van der Waals surface area contributed by atoms with Gasteiger partial charge in [0.15, 0.2) is 0 Å². The Morgan fingerprint density at radius 1 is 1.24 bits per heavy atom. The molecule has 2 amide bonds. The summed E-state index contributed by atoms with van der Waals surface area (Å²) in [4.78, 5) is 21.4. The van der Waals surface area contributed by atoms with Gasteiger partial charge in [0.2, 0.25) is 0 Å². The van der Waals surface area contributed by atoms with Crippen molar-refractivity contribution < 1.29 is 13.6 Å². The van der Waals surface area contributed by atoms with E-state index in [2.05, 4.69) is 36.5 Å². The molecule has 3 N–H and O–H groups in total. The molecule has 29 heavy (non-hydrogen) atoms. The second kappa shape index (κ2) is 7.79. The first-order chi connectivity index (χ1) is 13.8. The van der Waals surface area contributed by atoms with Crippen LogP contribution >= 0.6 is 27.5 Å². The minimum absolute atomic E-state index is 0.184. The number of rotatable bonds is 3. The number of hydrogen-bond acceptors (Lipinski definition) is 3. The van der Waals surface area contributed by atoms with E-state index in [0.29, 0.717) is 22.2 Å². The lowest BCUT2D eigenvalue weighted by Gasteiger charge is -2.33. The van der Waals surface area contributed by atoms with Crippen LogP contribution in [-0.4, -0.2) is 35.0 Å². The molecule has 1 fully saturated rings. The number of hydrogen-bond donors (Lipinski definition) is 3. The summed E-state index contributed by atoms with van der Waals surface area (Å²) < 4.78 is 27.6. The van der Waals surface area contributed by atoms with Crippen molar-refractivity contribution in [2.75, 3.05) is 28.6 Å². The van der Waals surface area contributed by atoms with Crippen LogP contribution in [0.1, 0.15) is 12.8 Å². The van der Waals surface area contributed by atoms with E-state index in [1.165, 1.54) is 6.20 Å². The fraction of sp³-hybridized carbons (Fsp3) is 0.263. The van der Waals surface area contributed by atoms with Gasteiger partial charge in [-0.1, -0.05) is 27.5 Å². The molecule has 3 aromatic rings. The molecular weight excluding hydrogens is 468 g/mol. The smallest absolute Gasteiger partial charge is 0.323 e. The number of aromatic amines is 1. The molecule has 0 saturated carbocycles. The molecule has 0 bridgehead atoms. The fourth-order valence-electron chi connectivity index (χ4n) is 3.26. The number of amides is 2. The lowest BCUT2D eigenvalue weighted by molar-refractivity contribution is -0.0221. The zero-order valence-corrected chi connectivity index (χ0v) is 17.4. The highest BCUT2D eigenvalue weighted by atomic mass is 79.9. The average molecular weight is 485 g/mol. The van der Waals surface area contributed by atoms with E-state index in [-0.39, 0.29) is 25.9 Å². The van der Waals surface area contributed by atoms with Gasteiger partial charge in [-0.15, -0.1) is 0 Å². The molecule has 4 rings (SSSR count). The van der Waals surface area contributed by atoms with Gasteiger partial charge in [0.05, 0.1) is 22.6 Å². The van der Waals surface area contributed by atoms with Gasteiger partial charge in [-0.2, -0.15) is 0 Å². The first-order valence-corrected chi connectivity index (χ1v) is 10.1. The van der Waals surface area contributed by atoms with Gasteiger partial charge < -0.3 is 20.5 Å². The van der Waals surface area contributed by atoms with Crippen molar-refractivity contribution in [1.82, 2.24) is 9.97 Å². The summed E-state index contributed by atoms with van der Waals surface area (Å²) in [5.41, 5.74) is 1.92. The minimum atomic E-state index is -2.64. The Kier molecular flexibility index (Phi) is 5.35. The van der Waals surface area contributed by atoms with Crippen LogP contribution in [0.5, 0.6) is 0 Å². The van der Waals surface area contributed by atoms with Gasteiger partial charge in [0, 0.05) is 47.5 Å².